The maximum Gasteiger partial charge on any atom is 0.242 e. The van der Waals surface area contributed by atoms with Gasteiger partial charge in [-0.2, -0.15) is 0 Å². The maximum absolute atomic E-state index is 11.8. The van der Waals surface area contributed by atoms with Crippen LogP contribution in [-0.2, 0) is 23.2 Å². The number of hydrogen-bond acceptors (Lipinski definition) is 5. The Bertz CT molecular complexity index is 573. The molecule has 0 aliphatic heterocycles. The molecule has 0 bridgehead atoms. The summed E-state index contributed by atoms with van der Waals surface area (Å²) in [5.41, 5.74) is 0.435. The molecule has 0 saturated heterocycles. The van der Waals surface area contributed by atoms with Gasteiger partial charge in [0.05, 0.1) is 24.2 Å². The van der Waals surface area contributed by atoms with Crippen molar-refractivity contribution in [1.29, 1.82) is 0 Å². The summed E-state index contributed by atoms with van der Waals surface area (Å²) < 4.78 is 30.7. The molecule has 2 aromatic rings. The predicted molar refractivity (Wildman–Crippen MR) is 57.2 cm³/mol. The van der Waals surface area contributed by atoms with E-state index in [1.54, 1.807) is 6.07 Å². The molecule has 0 unspecified atom stereocenters. The average Bonchev–Trinajstić information content (AvgIpc) is 2.98. The molecular weight excluding hydrogens is 246 g/mol. The Labute approximate surface area is 97.5 Å². The molecule has 2 rings (SSSR count). The minimum Gasteiger partial charge on any atom is -0.390 e. The smallest absolute Gasteiger partial charge is 0.242 e. The molecule has 0 spiro atoms. The van der Waals surface area contributed by atoms with E-state index in [9.17, 15) is 8.42 Å². The van der Waals surface area contributed by atoms with E-state index in [4.69, 9.17) is 9.63 Å². The van der Waals surface area contributed by atoms with Crippen LogP contribution < -0.4 is 4.72 Å². The Hall–Kier alpha value is -1.64. The van der Waals surface area contributed by atoms with E-state index in [0.717, 1.165) is 0 Å². The summed E-state index contributed by atoms with van der Waals surface area (Å²) in [4.78, 5) is 2.72. The monoisotopic (exact) mass is 257 g/mol. The van der Waals surface area contributed by atoms with E-state index in [1.165, 1.54) is 18.5 Å². The van der Waals surface area contributed by atoms with Crippen molar-refractivity contribution in [1.82, 2.24) is 14.9 Å². The molecule has 2 aromatic heterocycles. The van der Waals surface area contributed by atoms with Crippen LogP contribution in [0, 0.1) is 0 Å². The normalized spacial score (nSPS) is 11.8. The summed E-state index contributed by atoms with van der Waals surface area (Å²) >= 11 is 0. The number of aromatic nitrogens is 2. The lowest BCUT2D eigenvalue weighted by atomic mass is 10.5. The summed E-state index contributed by atoms with van der Waals surface area (Å²) in [6.45, 7) is -0.209. The first-order valence-corrected chi connectivity index (χ1v) is 6.27. The third-order valence-corrected chi connectivity index (χ3v) is 3.51. The van der Waals surface area contributed by atoms with Crippen LogP contribution in [0.15, 0.2) is 33.9 Å². The van der Waals surface area contributed by atoms with Gasteiger partial charge < -0.3 is 14.6 Å². The lowest BCUT2D eigenvalue weighted by molar-refractivity contribution is 0.277. The van der Waals surface area contributed by atoms with Crippen LogP contribution >= 0.6 is 0 Å². The van der Waals surface area contributed by atoms with E-state index >= 15 is 0 Å². The number of hydrogen-bond donors (Lipinski definition) is 3. The lowest BCUT2D eigenvalue weighted by Crippen LogP contribution is -2.22. The van der Waals surface area contributed by atoms with Crippen LogP contribution in [0.3, 0.4) is 0 Å². The molecule has 0 atom stereocenters. The minimum atomic E-state index is -3.61. The number of nitrogens with one attached hydrogen (secondary N) is 2. The Balaban J connectivity index is 2.08. The predicted octanol–water partition coefficient (Wildman–Crippen LogP) is -0.0265. The second-order valence-electron chi connectivity index (χ2n) is 3.32. The highest BCUT2D eigenvalue weighted by molar-refractivity contribution is 7.89. The highest BCUT2D eigenvalue weighted by atomic mass is 32.2. The molecule has 0 radical (unpaired) electrons. The van der Waals surface area contributed by atoms with Crippen molar-refractivity contribution >= 4 is 10.0 Å². The fourth-order valence-corrected chi connectivity index (χ4v) is 2.26. The molecule has 3 N–H and O–H groups in total. The first kappa shape index (κ1) is 11.8. The molecule has 0 amide bonds. The van der Waals surface area contributed by atoms with E-state index in [1.807, 2.05) is 0 Å². The van der Waals surface area contributed by atoms with E-state index in [-0.39, 0.29) is 18.0 Å². The van der Waals surface area contributed by atoms with Gasteiger partial charge in [0.1, 0.15) is 0 Å². The molecule has 92 valence electrons. The second kappa shape index (κ2) is 4.70. The topological polar surface area (TPSA) is 108 Å². The largest absolute Gasteiger partial charge is 0.390 e. The van der Waals surface area contributed by atoms with Crippen molar-refractivity contribution in [3.8, 4) is 0 Å². The first-order valence-electron chi connectivity index (χ1n) is 4.79. The number of sulfonamides is 1. The van der Waals surface area contributed by atoms with Crippen LogP contribution in [-0.4, -0.2) is 23.7 Å². The van der Waals surface area contributed by atoms with Crippen molar-refractivity contribution in [2.75, 3.05) is 0 Å². The molecule has 2 heterocycles. The SMILES string of the molecule is O=S(=O)(NCc1ccno1)c1c[nH]c(CO)c1. The minimum absolute atomic E-state index is 0.0297. The van der Waals surface area contributed by atoms with Crippen molar-refractivity contribution in [3.05, 3.63) is 36.0 Å². The van der Waals surface area contributed by atoms with Gasteiger partial charge in [-0.25, -0.2) is 13.1 Å². The molecule has 7 nitrogen and oxygen atoms in total. The average molecular weight is 257 g/mol. The van der Waals surface area contributed by atoms with Crippen LogP contribution in [0.2, 0.25) is 0 Å². The van der Waals surface area contributed by atoms with Gasteiger partial charge in [-0.15, -0.1) is 0 Å². The third-order valence-electron chi connectivity index (χ3n) is 2.12. The van der Waals surface area contributed by atoms with Crippen molar-refractivity contribution < 1.29 is 18.0 Å². The number of aliphatic hydroxyl groups is 1. The first-order chi connectivity index (χ1) is 8.12. The molecule has 0 saturated carbocycles. The summed E-state index contributed by atoms with van der Waals surface area (Å²) in [5, 5.41) is 12.3. The van der Waals surface area contributed by atoms with Gasteiger partial charge in [0.2, 0.25) is 10.0 Å². The van der Waals surface area contributed by atoms with Crippen LogP contribution in [0.5, 0.6) is 0 Å². The summed E-state index contributed by atoms with van der Waals surface area (Å²) in [7, 11) is -3.61. The fourth-order valence-electron chi connectivity index (χ4n) is 1.25. The van der Waals surface area contributed by atoms with Crippen molar-refractivity contribution in [2.24, 2.45) is 0 Å². The zero-order chi connectivity index (χ0) is 12.3. The van der Waals surface area contributed by atoms with Crippen molar-refractivity contribution in [2.45, 2.75) is 18.0 Å². The van der Waals surface area contributed by atoms with Crippen LogP contribution in [0.25, 0.3) is 0 Å². The Morgan fingerprint density at radius 3 is 2.94 bits per heavy atom. The zero-order valence-electron chi connectivity index (χ0n) is 8.75. The third kappa shape index (κ3) is 2.73. The maximum atomic E-state index is 11.8. The van der Waals surface area contributed by atoms with Gasteiger partial charge in [-0.1, -0.05) is 5.16 Å². The van der Waals surface area contributed by atoms with Crippen molar-refractivity contribution in [3.63, 3.8) is 0 Å². The molecular formula is C9H11N3O4S. The molecule has 0 fully saturated rings. The van der Waals surface area contributed by atoms with Gasteiger partial charge in [0.15, 0.2) is 5.76 Å². The quantitative estimate of drug-likeness (QED) is 0.697. The number of aliphatic hydroxyl groups excluding tert-OH is 1. The highest BCUT2D eigenvalue weighted by Crippen LogP contribution is 2.11. The van der Waals surface area contributed by atoms with E-state index in [2.05, 4.69) is 14.9 Å². The highest BCUT2D eigenvalue weighted by Gasteiger charge is 2.16. The Morgan fingerprint density at radius 1 is 1.53 bits per heavy atom. The molecule has 0 aromatic carbocycles. The number of rotatable bonds is 5. The van der Waals surface area contributed by atoms with Gasteiger partial charge in [-0.05, 0) is 6.07 Å². The number of H-pyrrole nitrogens is 1. The van der Waals surface area contributed by atoms with Gasteiger partial charge in [0.25, 0.3) is 0 Å². The number of aromatic amines is 1. The second-order valence-corrected chi connectivity index (χ2v) is 5.09. The van der Waals surface area contributed by atoms with Gasteiger partial charge in [-0.3, -0.25) is 0 Å². The summed E-state index contributed by atoms with van der Waals surface area (Å²) in [6.07, 6.45) is 2.75. The summed E-state index contributed by atoms with van der Waals surface area (Å²) in [5.74, 6) is 0.423. The van der Waals surface area contributed by atoms with E-state index in [0.29, 0.717) is 11.5 Å². The van der Waals surface area contributed by atoms with Gasteiger partial charge >= 0.3 is 0 Å². The molecule has 0 aliphatic rings. The standard InChI is InChI=1S/C9H11N3O4S/c13-6-7-3-9(5-10-7)17(14,15)12-4-8-1-2-11-16-8/h1-3,5,10,12-13H,4,6H2. The number of nitrogens with zero attached hydrogens (tertiary/aromatic N) is 1. The Kier molecular flexibility index (Phi) is 3.27. The van der Waals surface area contributed by atoms with Crippen LogP contribution in [0.1, 0.15) is 11.5 Å². The lowest BCUT2D eigenvalue weighted by Gasteiger charge is -2.01. The van der Waals surface area contributed by atoms with Gasteiger partial charge in [0, 0.05) is 18.0 Å². The molecule has 17 heavy (non-hydrogen) atoms. The van der Waals surface area contributed by atoms with E-state index < -0.39 is 10.0 Å². The zero-order valence-corrected chi connectivity index (χ0v) is 9.57. The summed E-state index contributed by atoms with van der Waals surface area (Å²) in [6, 6.07) is 2.93. The Morgan fingerprint density at radius 2 is 2.35 bits per heavy atom. The molecule has 0 aliphatic carbocycles. The fraction of sp³-hybridized carbons (Fsp3) is 0.222. The van der Waals surface area contributed by atoms with Crippen LogP contribution in [0.4, 0.5) is 0 Å². The molecule has 8 heteroatoms.